The minimum Gasteiger partial charge on any atom is -0.469 e. The molecule has 0 radical (unpaired) electrons. The molecule has 1 aliphatic carbocycles. The van der Waals surface area contributed by atoms with Crippen LogP contribution >= 0.6 is 0 Å². The van der Waals surface area contributed by atoms with Gasteiger partial charge in [0.15, 0.2) is 0 Å². The number of carbonyl (C=O) groups excluding carboxylic acids is 2. The highest BCUT2D eigenvalue weighted by atomic mass is 16.5. The van der Waals surface area contributed by atoms with Gasteiger partial charge in [-0.05, 0) is 30.7 Å². The predicted octanol–water partition coefficient (Wildman–Crippen LogP) is 4.81. The van der Waals surface area contributed by atoms with Gasteiger partial charge in [-0.25, -0.2) is 0 Å². The van der Waals surface area contributed by atoms with Gasteiger partial charge in [-0.1, -0.05) is 61.7 Å². The van der Waals surface area contributed by atoms with Gasteiger partial charge in [0.2, 0.25) is 0 Å². The first-order valence-corrected chi connectivity index (χ1v) is 9.03. The molecule has 0 N–H and O–H groups in total. The molecule has 1 aromatic carbocycles. The summed E-state index contributed by atoms with van der Waals surface area (Å²) in [5.41, 5.74) is 1.19. The van der Waals surface area contributed by atoms with Crippen LogP contribution in [0.3, 0.4) is 0 Å². The van der Waals surface area contributed by atoms with Crippen molar-refractivity contribution in [2.75, 3.05) is 7.11 Å². The number of methoxy groups -OCH3 is 1. The predicted molar refractivity (Wildman–Crippen MR) is 96.4 cm³/mol. The Labute approximate surface area is 145 Å². The number of hydrogen-bond acceptors (Lipinski definition) is 3. The van der Waals surface area contributed by atoms with E-state index in [1.165, 1.54) is 12.7 Å². The summed E-state index contributed by atoms with van der Waals surface area (Å²) in [7, 11) is 1.43. The van der Waals surface area contributed by atoms with Crippen LogP contribution in [-0.2, 0) is 14.3 Å². The van der Waals surface area contributed by atoms with Gasteiger partial charge in [-0.3, -0.25) is 9.59 Å². The number of ether oxygens (including phenoxy) is 1. The van der Waals surface area contributed by atoms with Crippen LogP contribution < -0.4 is 0 Å². The zero-order valence-electron chi connectivity index (χ0n) is 14.6. The van der Waals surface area contributed by atoms with E-state index in [1.807, 2.05) is 18.2 Å². The van der Waals surface area contributed by atoms with E-state index in [0.29, 0.717) is 18.1 Å². The Hall–Kier alpha value is -1.90. The standard InChI is InChI=1S/C21H28O3/c1-24-21(23)12-8-3-2-7-11-19-18(15-16-20(19)22)14-13-17-9-5-4-6-10-17/h4-6,9-10,13-14,18-19H,2-3,7-8,11-12,15-16H2,1H3/b14-13+/t18?,19-/m1/s1. The minimum atomic E-state index is -0.132. The molecule has 1 unspecified atom stereocenters. The molecule has 2 rings (SSSR count). The molecule has 0 aromatic heterocycles. The molecule has 0 amide bonds. The van der Waals surface area contributed by atoms with Crippen LogP contribution in [0.2, 0.25) is 0 Å². The lowest BCUT2D eigenvalue weighted by molar-refractivity contribution is -0.140. The second kappa shape index (κ2) is 10.1. The number of hydrogen-bond donors (Lipinski definition) is 0. The van der Waals surface area contributed by atoms with Crippen LogP contribution in [0.1, 0.15) is 56.9 Å². The highest BCUT2D eigenvalue weighted by molar-refractivity contribution is 5.83. The molecular formula is C21H28O3. The molecule has 1 saturated carbocycles. The van der Waals surface area contributed by atoms with Crippen LogP contribution in [0, 0.1) is 11.8 Å². The maximum absolute atomic E-state index is 12.1. The minimum absolute atomic E-state index is 0.132. The van der Waals surface area contributed by atoms with E-state index in [4.69, 9.17) is 0 Å². The van der Waals surface area contributed by atoms with Gasteiger partial charge in [0.25, 0.3) is 0 Å². The number of rotatable bonds is 9. The monoisotopic (exact) mass is 328 g/mol. The van der Waals surface area contributed by atoms with E-state index in [0.717, 1.165) is 44.9 Å². The van der Waals surface area contributed by atoms with Crippen LogP contribution in [0.5, 0.6) is 0 Å². The lowest BCUT2D eigenvalue weighted by Gasteiger charge is -2.14. The molecular weight excluding hydrogens is 300 g/mol. The second-order valence-electron chi connectivity index (χ2n) is 6.57. The summed E-state index contributed by atoms with van der Waals surface area (Å²) in [5.74, 6) is 0.859. The van der Waals surface area contributed by atoms with E-state index < -0.39 is 0 Å². The Bertz CT molecular complexity index is 547. The van der Waals surface area contributed by atoms with Gasteiger partial charge in [-0.2, -0.15) is 0 Å². The fraction of sp³-hybridized carbons (Fsp3) is 0.524. The molecule has 2 atom stereocenters. The third-order valence-electron chi connectivity index (χ3n) is 4.86. The normalized spacial score (nSPS) is 20.6. The van der Waals surface area contributed by atoms with Crippen molar-refractivity contribution >= 4 is 17.8 Å². The summed E-state index contributed by atoms with van der Waals surface area (Å²) in [5, 5.41) is 0. The maximum Gasteiger partial charge on any atom is 0.305 e. The number of allylic oxidation sites excluding steroid dienone is 1. The van der Waals surface area contributed by atoms with E-state index in [1.54, 1.807) is 0 Å². The van der Waals surface area contributed by atoms with Crippen molar-refractivity contribution in [2.45, 2.75) is 51.4 Å². The second-order valence-corrected chi connectivity index (χ2v) is 6.57. The lowest BCUT2D eigenvalue weighted by atomic mass is 9.89. The molecule has 0 bridgehead atoms. The van der Waals surface area contributed by atoms with E-state index >= 15 is 0 Å². The van der Waals surface area contributed by atoms with Crippen molar-refractivity contribution in [1.29, 1.82) is 0 Å². The average molecular weight is 328 g/mol. The van der Waals surface area contributed by atoms with Gasteiger partial charge in [0.05, 0.1) is 7.11 Å². The van der Waals surface area contributed by atoms with Crippen LogP contribution in [0.4, 0.5) is 0 Å². The molecule has 1 aromatic rings. The van der Waals surface area contributed by atoms with Crippen molar-refractivity contribution in [3.05, 3.63) is 42.0 Å². The summed E-state index contributed by atoms with van der Waals surface area (Å²) in [6, 6.07) is 10.3. The van der Waals surface area contributed by atoms with Gasteiger partial charge in [0.1, 0.15) is 5.78 Å². The Kier molecular flexibility index (Phi) is 7.73. The fourth-order valence-corrected chi connectivity index (χ4v) is 3.43. The van der Waals surface area contributed by atoms with Crippen LogP contribution in [0.15, 0.2) is 36.4 Å². The topological polar surface area (TPSA) is 43.4 Å². The maximum atomic E-state index is 12.1. The van der Waals surface area contributed by atoms with Crippen molar-refractivity contribution in [3.8, 4) is 0 Å². The Morgan fingerprint density at radius 3 is 2.67 bits per heavy atom. The molecule has 0 aliphatic heterocycles. The largest absolute Gasteiger partial charge is 0.469 e. The first-order valence-electron chi connectivity index (χ1n) is 9.03. The quantitative estimate of drug-likeness (QED) is 0.483. The molecule has 0 spiro atoms. The molecule has 0 saturated heterocycles. The molecule has 24 heavy (non-hydrogen) atoms. The van der Waals surface area contributed by atoms with Crippen molar-refractivity contribution in [3.63, 3.8) is 0 Å². The number of benzene rings is 1. The molecule has 130 valence electrons. The van der Waals surface area contributed by atoms with E-state index in [-0.39, 0.29) is 11.9 Å². The smallest absolute Gasteiger partial charge is 0.305 e. The summed E-state index contributed by atoms with van der Waals surface area (Å²) in [6.45, 7) is 0. The highest BCUT2D eigenvalue weighted by Gasteiger charge is 2.32. The molecule has 3 heteroatoms. The summed E-state index contributed by atoms with van der Waals surface area (Å²) in [4.78, 5) is 23.2. The summed E-state index contributed by atoms with van der Waals surface area (Å²) in [6.07, 6.45) is 11.6. The Morgan fingerprint density at radius 1 is 1.17 bits per heavy atom. The van der Waals surface area contributed by atoms with Gasteiger partial charge in [-0.15, -0.1) is 0 Å². The molecule has 1 aliphatic rings. The lowest BCUT2D eigenvalue weighted by Crippen LogP contribution is -2.13. The molecule has 3 nitrogen and oxygen atoms in total. The number of esters is 1. The first kappa shape index (κ1) is 18.4. The molecule has 0 heterocycles. The summed E-state index contributed by atoms with van der Waals surface area (Å²) >= 11 is 0. The SMILES string of the molecule is COC(=O)CCCCCC[C@H]1C(=O)CCC1/C=C/c1ccccc1. The number of Topliss-reactive ketones (excluding diaryl/α,β-unsaturated/α-hetero) is 1. The molecule has 1 fully saturated rings. The van der Waals surface area contributed by atoms with E-state index in [2.05, 4.69) is 29.0 Å². The Balaban J connectivity index is 1.72. The van der Waals surface area contributed by atoms with Gasteiger partial charge in [0, 0.05) is 18.8 Å². The summed E-state index contributed by atoms with van der Waals surface area (Å²) < 4.78 is 4.64. The fourth-order valence-electron chi connectivity index (χ4n) is 3.43. The van der Waals surface area contributed by atoms with Gasteiger partial charge >= 0.3 is 5.97 Å². The van der Waals surface area contributed by atoms with Crippen LogP contribution in [-0.4, -0.2) is 18.9 Å². The van der Waals surface area contributed by atoms with Crippen LogP contribution in [0.25, 0.3) is 6.08 Å². The Morgan fingerprint density at radius 2 is 1.92 bits per heavy atom. The van der Waals surface area contributed by atoms with Crippen molar-refractivity contribution < 1.29 is 14.3 Å². The third kappa shape index (κ3) is 5.95. The van der Waals surface area contributed by atoms with Gasteiger partial charge < -0.3 is 4.74 Å². The van der Waals surface area contributed by atoms with E-state index in [9.17, 15) is 9.59 Å². The number of carbonyl (C=O) groups is 2. The highest BCUT2D eigenvalue weighted by Crippen LogP contribution is 2.34. The zero-order valence-corrected chi connectivity index (χ0v) is 14.6. The third-order valence-corrected chi connectivity index (χ3v) is 4.86. The average Bonchev–Trinajstić information content (AvgIpc) is 2.96. The van der Waals surface area contributed by atoms with Crippen molar-refractivity contribution in [1.82, 2.24) is 0 Å². The zero-order chi connectivity index (χ0) is 17.2. The van der Waals surface area contributed by atoms with Crippen molar-refractivity contribution in [2.24, 2.45) is 11.8 Å². The number of unbranched alkanes of at least 4 members (excludes halogenated alkanes) is 3. The number of ketones is 1. The first-order chi connectivity index (χ1) is 11.7.